The van der Waals surface area contributed by atoms with Gasteiger partial charge in [0.2, 0.25) is 0 Å². The second-order valence-electron chi connectivity index (χ2n) is 4.14. The van der Waals surface area contributed by atoms with Crippen LogP contribution in [-0.2, 0) is 0 Å². The summed E-state index contributed by atoms with van der Waals surface area (Å²) in [6.45, 7) is 0. The van der Waals surface area contributed by atoms with Crippen LogP contribution < -0.4 is 0 Å². The highest BCUT2D eigenvalue weighted by molar-refractivity contribution is 6.35. The number of halogens is 2. The van der Waals surface area contributed by atoms with E-state index in [1.165, 1.54) is 12.3 Å². The Bertz CT molecular complexity index is 809. The number of pyridine rings is 1. The molecule has 100 valence electrons. The third kappa shape index (κ3) is 2.33. The number of carbonyl (C=O) groups is 1. The zero-order valence-electron chi connectivity index (χ0n) is 9.89. The van der Waals surface area contributed by atoms with Gasteiger partial charge >= 0.3 is 5.97 Å². The fourth-order valence-electron chi connectivity index (χ4n) is 1.84. The molecule has 3 rings (SSSR count). The first-order chi connectivity index (χ1) is 9.52. The molecule has 0 unspecified atom stereocenters. The molecule has 0 aliphatic heterocycles. The number of aromatic amines is 1. The molecular weight excluding hydrogens is 301 g/mol. The van der Waals surface area contributed by atoms with E-state index in [0.717, 1.165) is 0 Å². The Morgan fingerprint density at radius 3 is 2.50 bits per heavy atom. The van der Waals surface area contributed by atoms with Crippen LogP contribution in [0.25, 0.3) is 22.6 Å². The van der Waals surface area contributed by atoms with Gasteiger partial charge in [0.15, 0.2) is 5.65 Å². The summed E-state index contributed by atoms with van der Waals surface area (Å²) in [4.78, 5) is 22.2. The first-order valence-corrected chi connectivity index (χ1v) is 6.34. The highest BCUT2D eigenvalue weighted by Gasteiger charge is 2.11. The summed E-state index contributed by atoms with van der Waals surface area (Å²) in [6.07, 6.45) is 1.26. The Hall–Kier alpha value is -2.11. The van der Waals surface area contributed by atoms with Crippen LogP contribution in [-0.4, -0.2) is 26.0 Å². The first-order valence-electron chi connectivity index (χ1n) is 5.58. The van der Waals surface area contributed by atoms with E-state index < -0.39 is 5.97 Å². The maximum atomic E-state index is 10.9. The Morgan fingerprint density at radius 2 is 1.85 bits per heavy atom. The van der Waals surface area contributed by atoms with Crippen molar-refractivity contribution in [3.63, 3.8) is 0 Å². The van der Waals surface area contributed by atoms with Crippen molar-refractivity contribution in [2.24, 2.45) is 0 Å². The van der Waals surface area contributed by atoms with Gasteiger partial charge < -0.3 is 10.1 Å². The summed E-state index contributed by atoms with van der Waals surface area (Å²) in [7, 11) is 0. The van der Waals surface area contributed by atoms with Gasteiger partial charge in [-0.3, -0.25) is 0 Å². The Morgan fingerprint density at radius 1 is 1.15 bits per heavy atom. The lowest BCUT2D eigenvalue weighted by Gasteiger charge is -1.98. The summed E-state index contributed by atoms with van der Waals surface area (Å²) in [5.41, 5.74) is 1.77. The Labute approximate surface area is 123 Å². The quantitative estimate of drug-likeness (QED) is 0.757. The number of benzene rings is 1. The number of hydrogen-bond donors (Lipinski definition) is 2. The zero-order chi connectivity index (χ0) is 14.3. The van der Waals surface area contributed by atoms with Crippen molar-refractivity contribution in [1.82, 2.24) is 15.0 Å². The molecule has 2 heterocycles. The molecule has 1 aromatic carbocycles. The Balaban J connectivity index is 2.15. The van der Waals surface area contributed by atoms with Crippen molar-refractivity contribution in [3.05, 3.63) is 46.1 Å². The molecule has 0 aliphatic rings. The third-order valence-electron chi connectivity index (χ3n) is 2.72. The Kier molecular flexibility index (Phi) is 3.08. The molecule has 20 heavy (non-hydrogen) atoms. The van der Waals surface area contributed by atoms with Crippen molar-refractivity contribution >= 4 is 40.3 Å². The predicted molar refractivity (Wildman–Crippen MR) is 76.3 cm³/mol. The minimum Gasteiger partial charge on any atom is -0.478 e. The summed E-state index contributed by atoms with van der Waals surface area (Å²) in [5.74, 6) is -0.513. The molecule has 7 heteroatoms. The number of aromatic carboxylic acids is 1. The molecule has 2 aromatic heterocycles. The van der Waals surface area contributed by atoms with Crippen molar-refractivity contribution in [2.45, 2.75) is 0 Å². The van der Waals surface area contributed by atoms with E-state index in [4.69, 9.17) is 28.3 Å². The molecule has 3 aromatic rings. The van der Waals surface area contributed by atoms with Gasteiger partial charge in [0.25, 0.3) is 0 Å². The highest BCUT2D eigenvalue weighted by atomic mass is 35.5. The lowest BCUT2D eigenvalue weighted by molar-refractivity contribution is 0.0696. The number of hydrogen-bond acceptors (Lipinski definition) is 3. The van der Waals surface area contributed by atoms with Crippen molar-refractivity contribution in [3.8, 4) is 11.4 Å². The number of nitrogens with one attached hydrogen (secondary N) is 1. The van der Waals surface area contributed by atoms with Crippen LogP contribution >= 0.6 is 23.2 Å². The van der Waals surface area contributed by atoms with Crippen LogP contribution in [0.3, 0.4) is 0 Å². The number of aromatic nitrogens is 3. The third-order valence-corrected chi connectivity index (χ3v) is 3.16. The van der Waals surface area contributed by atoms with E-state index in [2.05, 4.69) is 15.0 Å². The molecular formula is C13H7Cl2N3O2. The monoisotopic (exact) mass is 307 g/mol. The molecule has 2 N–H and O–H groups in total. The van der Waals surface area contributed by atoms with Crippen LogP contribution in [0.15, 0.2) is 30.5 Å². The fourth-order valence-corrected chi connectivity index (χ4v) is 2.37. The second kappa shape index (κ2) is 4.77. The number of rotatable bonds is 2. The maximum Gasteiger partial charge on any atom is 0.337 e. The topological polar surface area (TPSA) is 78.9 Å². The highest BCUT2D eigenvalue weighted by Crippen LogP contribution is 2.26. The predicted octanol–water partition coefficient (Wildman–Crippen LogP) is 3.63. The van der Waals surface area contributed by atoms with E-state index >= 15 is 0 Å². The SMILES string of the molecule is O=C(O)c1cnc2nc(-c3cc(Cl)cc(Cl)c3)[nH]c2c1. The molecule has 5 nitrogen and oxygen atoms in total. The van der Waals surface area contributed by atoms with E-state index in [-0.39, 0.29) is 5.56 Å². The van der Waals surface area contributed by atoms with Gasteiger partial charge in [-0.05, 0) is 24.3 Å². The van der Waals surface area contributed by atoms with Crippen LogP contribution in [0.4, 0.5) is 0 Å². The summed E-state index contributed by atoms with van der Waals surface area (Å²) < 4.78 is 0. The zero-order valence-corrected chi connectivity index (χ0v) is 11.4. The van der Waals surface area contributed by atoms with Gasteiger partial charge in [0.1, 0.15) is 5.82 Å². The van der Waals surface area contributed by atoms with Gasteiger partial charge in [-0.25, -0.2) is 14.8 Å². The molecule has 0 amide bonds. The normalized spacial score (nSPS) is 10.9. The molecule has 0 aliphatic carbocycles. The molecule has 0 saturated carbocycles. The maximum absolute atomic E-state index is 10.9. The van der Waals surface area contributed by atoms with Crippen LogP contribution in [0.1, 0.15) is 10.4 Å². The van der Waals surface area contributed by atoms with Crippen LogP contribution in [0.2, 0.25) is 10.0 Å². The smallest absolute Gasteiger partial charge is 0.337 e. The molecule has 0 spiro atoms. The first kappa shape index (κ1) is 12.9. The lowest BCUT2D eigenvalue weighted by atomic mass is 10.2. The molecule has 0 bridgehead atoms. The largest absolute Gasteiger partial charge is 0.478 e. The lowest BCUT2D eigenvalue weighted by Crippen LogP contribution is -1.96. The number of carboxylic acids is 1. The van der Waals surface area contributed by atoms with Gasteiger partial charge in [-0.1, -0.05) is 23.2 Å². The van der Waals surface area contributed by atoms with Gasteiger partial charge in [-0.15, -0.1) is 0 Å². The standard InChI is InChI=1S/C13H7Cl2N3O2/c14-8-1-6(2-9(15)4-8)11-17-10-3-7(13(19)20)5-16-12(10)18-11/h1-5H,(H,19,20)(H,16,17,18). The average molecular weight is 308 g/mol. The summed E-state index contributed by atoms with van der Waals surface area (Å²) >= 11 is 11.9. The number of imidazole rings is 1. The van der Waals surface area contributed by atoms with Crippen molar-refractivity contribution in [2.75, 3.05) is 0 Å². The number of fused-ring (bicyclic) bond motifs is 1. The fraction of sp³-hybridized carbons (Fsp3) is 0. The molecule has 0 radical (unpaired) electrons. The summed E-state index contributed by atoms with van der Waals surface area (Å²) in [5, 5.41) is 9.92. The van der Waals surface area contributed by atoms with Gasteiger partial charge in [0.05, 0.1) is 11.1 Å². The molecule has 0 atom stereocenters. The summed E-state index contributed by atoms with van der Waals surface area (Å²) in [6, 6.07) is 6.52. The van der Waals surface area contributed by atoms with E-state index in [1.807, 2.05) is 0 Å². The van der Waals surface area contributed by atoms with Crippen molar-refractivity contribution < 1.29 is 9.90 Å². The minimum atomic E-state index is -1.04. The van der Waals surface area contributed by atoms with Crippen LogP contribution in [0.5, 0.6) is 0 Å². The molecule has 0 saturated heterocycles. The molecule has 0 fully saturated rings. The van der Waals surface area contributed by atoms with Gasteiger partial charge in [0, 0.05) is 21.8 Å². The minimum absolute atomic E-state index is 0.0943. The van der Waals surface area contributed by atoms with E-state index in [1.54, 1.807) is 18.2 Å². The van der Waals surface area contributed by atoms with Gasteiger partial charge in [-0.2, -0.15) is 0 Å². The van der Waals surface area contributed by atoms with Crippen LogP contribution in [0, 0.1) is 0 Å². The number of H-pyrrole nitrogens is 1. The van der Waals surface area contributed by atoms with Crippen molar-refractivity contribution in [1.29, 1.82) is 0 Å². The average Bonchev–Trinajstić information content (AvgIpc) is 2.80. The van der Waals surface area contributed by atoms with E-state index in [9.17, 15) is 4.79 Å². The van der Waals surface area contributed by atoms with E-state index in [0.29, 0.717) is 32.6 Å². The number of carboxylic acid groups (broad SMARTS) is 1. The second-order valence-corrected chi connectivity index (χ2v) is 5.02. The number of nitrogens with zero attached hydrogens (tertiary/aromatic N) is 2.